The molecule has 0 saturated heterocycles. The molecule has 0 bridgehead atoms. The van der Waals surface area contributed by atoms with E-state index >= 15 is 0 Å². The van der Waals surface area contributed by atoms with Gasteiger partial charge in [0.15, 0.2) is 0 Å². The Hall–Kier alpha value is -2.31. The third kappa shape index (κ3) is 4.08. The first-order valence-electron chi connectivity index (χ1n) is 6.84. The molecule has 1 saturated carbocycles. The van der Waals surface area contributed by atoms with Gasteiger partial charge >= 0.3 is 5.97 Å². The fraction of sp³-hybridized carbons (Fsp3) is 0.500. The lowest BCUT2D eigenvalue weighted by molar-refractivity contribution is -0.140. The van der Waals surface area contributed by atoms with Gasteiger partial charge in [0, 0.05) is 13.0 Å². The van der Waals surface area contributed by atoms with Gasteiger partial charge in [-0.05, 0) is 25.3 Å². The summed E-state index contributed by atoms with van der Waals surface area (Å²) in [5.41, 5.74) is -0.200. The number of amides is 2. The Kier molecular flexibility index (Phi) is 4.62. The maximum absolute atomic E-state index is 11.8. The molecule has 0 aliphatic heterocycles. The Labute approximate surface area is 121 Å². The van der Waals surface area contributed by atoms with Gasteiger partial charge in [-0.2, -0.15) is 0 Å². The van der Waals surface area contributed by atoms with Crippen molar-refractivity contribution in [3.05, 3.63) is 24.2 Å². The number of hydrogen-bond donors (Lipinski definition) is 3. The first-order valence-corrected chi connectivity index (χ1v) is 6.84. The molecule has 0 radical (unpaired) electrons. The Morgan fingerprint density at radius 3 is 2.62 bits per heavy atom. The van der Waals surface area contributed by atoms with Gasteiger partial charge < -0.3 is 20.2 Å². The van der Waals surface area contributed by atoms with Crippen LogP contribution in [0.4, 0.5) is 0 Å². The fourth-order valence-corrected chi connectivity index (χ4v) is 2.38. The molecule has 7 nitrogen and oxygen atoms in total. The average molecular weight is 294 g/mol. The maximum Gasteiger partial charge on any atom is 0.305 e. The number of rotatable bonds is 7. The zero-order valence-corrected chi connectivity index (χ0v) is 11.6. The second-order valence-corrected chi connectivity index (χ2v) is 5.27. The van der Waals surface area contributed by atoms with Crippen LogP contribution in [0, 0.1) is 0 Å². The van der Waals surface area contributed by atoms with E-state index in [1.807, 2.05) is 0 Å². The number of carbonyl (C=O) groups is 3. The van der Waals surface area contributed by atoms with E-state index < -0.39 is 11.5 Å². The summed E-state index contributed by atoms with van der Waals surface area (Å²) in [5.74, 6) is -1.47. The first-order chi connectivity index (χ1) is 10.0. The number of hydrogen-bond acceptors (Lipinski definition) is 4. The summed E-state index contributed by atoms with van der Waals surface area (Å²) in [7, 11) is 0. The first kappa shape index (κ1) is 15.1. The number of carbonyl (C=O) groups excluding carboxylic acids is 2. The minimum atomic E-state index is -0.914. The van der Waals surface area contributed by atoms with Crippen LogP contribution < -0.4 is 10.6 Å². The standard InChI is InChI=1S/C14H18N2O5/c17-11(16-14(4-1-5-14)8-12(18)19)2-6-15-13(20)10-3-7-21-9-10/h3,7,9H,1-2,4-6,8H2,(H,15,20)(H,16,17)(H,18,19). The van der Waals surface area contributed by atoms with Gasteiger partial charge in [-0.1, -0.05) is 0 Å². The lowest BCUT2D eigenvalue weighted by Gasteiger charge is -2.41. The summed E-state index contributed by atoms with van der Waals surface area (Å²) in [6.45, 7) is 0.193. The van der Waals surface area contributed by atoms with E-state index in [9.17, 15) is 14.4 Å². The van der Waals surface area contributed by atoms with E-state index in [0.29, 0.717) is 18.4 Å². The van der Waals surface area contributed by atoms with Crippen LogP contribution in [0.2, 0.25) is 0 Å². The third-order valence-corrected chi connectivity index (χ3v) is 3.63. The zero-order chi connectivity index (χ0) is 15.3. The second-order valence-electron chi connectivity index (χ2n) is 5.27. The molecule has 0 spiro atoms. The van der Waals surface area contributed by atoms with Crippen LogP contribution in [0.25, 0.3) is 0 Å². The van der Waals surface area contributed by atoms with Gasteiger partial charge in [-0.15, -0.1) is 0 Å². The molecule has 1 aromatic heterocycles. The quantitative estimate of drug-likeness (QED) is 0.692. The molecule has 3 N–H and O–H groups in total. The van der Waals surface area contributed by atoms with Crippen molar-refractivity contribution in [1.29, 1.82) is 0 Å². The van der Waals surface area contributed by atoms with E-state index in [4.69, 9.17) is 9.52 Å². The van der Waals surface area contributed by atoms with Crippen molar-refractivity contribution in [3.8, 4) is 0 Å². The van der Waals surface area contributed by atoms with Gasteiger partial charge in [0.25, 0.3) is 5.91 Å². The zero-order valence-electron chi connectivity index (χ0n) is 11.6. The van der Waals surface area contributed by atoms with Crippen molar-refractivity contribution in [2.45, 2.75) is 37.6 Å². The van der Waals surface area contributed by atoms with E-state index in [2.05, 4.69) is 10.6 Å². The highest BCUT2D eigenvalue weighted by Gasteiger charge is 2.40. The fourth-order valence-electron chi connectivity index (χ4n) is 2.38. The molecule has 114 valence electrons. The predicted molar refractivity (Wildman–Crippen MR) is 72.6 cm³/mol. The maximum atomic E-state index is 11.8. The summed E-state index contributed by atoms with van der Waals surface area (Å²) >= 11 is 0. The Balaban J connectivity index is 1.72. The van der Waals surface area contributed by atoms with Gasteiger partial charge in [0.1, 0.15) is 6.26 Å². The largest absolute Gasteiger partial charge is 0.481 e. The lowest BCUT2D eigenvalue weighted by atomic mass is 9.74. The monoisotopic (exact) mass is 294 g/mol. The smallest absolute Gasteiger partial charge is 0.305 e. The SMILES string of the molecule is O=C(O)CC1(NC(=O)CCNC(=O)c2ccoc2)CCC1. The van der Waals surface area contributed by atoms with Crippen LogP contribution in [0.1, 0.15) is 42.5 Å². The Morgan fingerprint density at radius 2 is 2.10 bits per heavy atom. The van der Waals surface area contributed by atoms with Gasteiger partial charge in [0.2, 0.25) is 5.91 Å². The second kappa shape index (κ2) is 6.43. The molecule has 2 amide bonds. The van der Waals surface area contributed by atoms with Crippen LogP contribution in [-0.4, -0.2) is 35.0 Å². The molecule has 7 heteroatoms. The Bertz CT molecular complexity index is 519. The molecule has 2 rings (SSSR count). The highest BCUT2D eigenvalue weighted by molar-refractivity contribution is 5.94. The summed E-state index contributed by atoms with van der Waals surface area (Å²) in [6, 6.07) is 1.53. The molecule has 1 aliphatic rings. The highest BCUT2D eigenvalue weighted by Crippen LogP contribution is 2.34. The van der Waals surface area contributed by atoms with Crippen LogP contribution >= 0.6 is 0 Å². The van der Waals surface area contributed by atoms with Gasteiger partial charge in [0.05, 0.1) is 23.8 Å². The molecule has 1 aromatic rings. The number of carboxylic acids is 1. The minimum Gasteiger partial charge on any atom is -0.481 e. The van der Waals surface area contributed by atoms with Crippen molar-refractivity contribution in [1.82, 2.24) is 10.6 Å². The molecule has 1 aliphatic carbocycles. The van der Waals surface area contributed by atoms with Gasteiger partial charge in [-0.25, -0.2) is 0 Å². The number of furan rings is 1. The van der Waals surface area contributed by atoms with E-state index in [-0.39, 0.29) is 31.2 Å². The molecule has 0 aromatic carbocycles. The summed E-state index contributed by atoms with van der Waals surface area (Å²) in [5, 5.41) is 14.2. The Morgan fingerprint density at radius 1 is 1.33 bits per heavy atom. The molecule has 1 fully saturated rings. The topological polar surface area (TPSA) is 109 Å². The van der Waals surface area contributed by atoms with Crippen molar-refractivity contribution in [3.63, 3.8) is 0 Å². The van der Waals surface area contributed by atoms with Crippen LogP contribution in [0.3, 0.4) is 0 Å². The van der Waals surface area contributed by atoms with Crippen molar-refractivity contribution < 1.29 is 23.9 Å². The van der Waals surface area contributed by atoms with Crippen molar-refractivity contribution >= 4 is 17.8 Å². The summed E-state index contributed by atoms with van der Waals surface area (Å²) in [4.78, 5) is 34.2. The number of aliphatic carboxylic acids is 1. The average Bonchev–Trinajstić information content (AvgIpc) is 2.89. The molecule has 0 atom stereocenters. The van der Waals surface area contributed by atoms with Crippen LogP contribution in [-0.2, 0) is 9.59 Å². The summed E-state index contributed by atoms with van der Waals surface area (Å²) < 4.78 is 4.79. The predicted octanol–water partition coefficient (Wildman–Crippen LogP) is 0.913. The normalized spacial score (nSPS) is 15.8. The highest BCUT2D eigenvalue weighted by atomic mass is 16.4. The lowest BCUT2D eigenvalue weighted by Crippen LogP contribution is -2.55. The van der Waals surface area contributed by atoms with Crippen molar-refractivity contribution in [2.75, 3.05) is 6.54 Å². The summed E-state index contributed by atoms with van der Waals surface area (Å²) in [6.07, 6.45) is 5.08. The third-order valence-electron chi connectivity index (χ3n) is 3.63. The molecular weight excluding hydrogens is 276 g/mol. The number of carboxylic acid groups (broad SMARTS) is 1. The van der Waals surface area contributed by atoms with Crippen LogP contribution in [0.15, 0.2) is 23.0 Å². The van der Waals surface area contributed by atoms with E-state index in [1.165, 1.54) is 18.6 Å². The molecule has 21 heavy (non-hydrogen) atoms. The molecular formula is C14H18N2O5. The van der Waals surface area contributed by atoms with E-state index in [1.54, 1.807) is 0 Å². The van der Waals surface area contributed by atoms with Crippen molar-refractivity contribution in [2.24, 2.45) is 0 Å². The molecule has 1 heterocycles. The molecule has 0 unspecified atom stereocenters. The van der Waals surface area contributed by atoms with Crippen LogP contribution in [0.5, 0.6) is 0 Å². The van der Waals surface area contributed by atoms with Gasteiger partial charge in [-0.3, -0.25) is 14.4 Å². The minimum absolute atomic E-state index is 0.0554. The van der Waals surface area contributed by atoms with E-state index in [0.717, 1.165) is 6.42 Å². The number of nitrogens with one attached hydrogen (secondary N) is 2.